The number of fused-ring (bicyclic) bond motifs is 1. The average molecular weight is 459 g/mol. The van der Waals surface area contributed by atoms with Crippen LogP contribution in [0.4, 0.5) is 0 Å². The topological polar surface area (TPSA) is 47.6 Å². The Kier molecular flexibility index (Phi) is 6.68. The van der Waals surface area contributed by atoms with Crippen molar-refractivity contribution in [3.63, 3.8) is 0 Å². The molecule has 1 N–H and O–H groups in total. The van der Waals surface area contributed by atoms with E-state index in [4.69, 9.17) is 32.7 Å². The summed E-state index contributed by atoms with van der Waals surface area (Å²) in [5.74, 6) is 1.48. The van der Waals surface area contributed by atoms with Crippen LogP contribution in [0.15, 0.2) is 40.9 Å². The van der Waals surface area contributed by atoms with Crippen molar-refractivity contribution in [2.24, 2.45) is 0 Å². The van der Waals surface area contributed by atoms with Crippen molar-refractivity contribution in [3.8, 4) is 11.5 Å². The van der Waals surface area contributed by atoms with E-state index in [1.165, 1.54) is 0 Å². The van der Waals surface area contributed by atoms with Gasteiger partial charge in [0.1, 0.15) is 11.5 Å². The second kappa shape index (κ2) is 8.98. The minimum absolute atomic E-state index is 0.0124. The van der Waals surface area contributed by atoms with E-state index < -0.39 is 0 Å². The summed E-state index contributed by atoms with van der Waals surface area (Å²) >= 11 is 15.4. The summed E-state index contributed by atoms with van der Waals surface area (Å²) in [7, 11) is 0. The minimum atomic E-state index is -0.0729. The highest BCUT2D eigenvalue weighted by atomic mass is 79.9. The van der Waals surface area contributed by atoms with Crippen LogP contribution in [-0.4, -0.2) is 19.1 Å². The molecule has 1 aliphatic rings. The standard InChI is InChI=1S/C19H18BrCl2NO3/c20-15-11-13(22)4-6-18(15)25-8-1-2-19(24)23-16-7-9-26-17-5-3-12(21)10-14(16)17/h3-6,10-11,16H,1-2,7-9H2,(H,23,24). The van der Waals surface area contributed by atoms with Gasteiger partial charge in [-0.3, -0.25) is 4.79 Å². The first-order valence-electron chi connectivity index (χ1n) is 8.32. The van der Waals surface area contributed by atoms with E-state index in [-0.39, 0.29) is 11.9 Å². The van der Waals surface area contributed by atoms with Crippen molar-refractivity contribution in [2.75, 3.05) is 13.2 Å². The first-order valence-corrected chi connectivity index (χ1v) is 9.87. The lowest BCUT2D eigenvalue weighted by Crippen LogP contribution is -2.32. The van der Waals surface area contributed by atoms with Crippen LogP contribution in [0.5, 0.6) is 11.5 Å². The Morgan fingerprint density at radius 3 is 2.81 bits per heavy atom. The van der Waals surface area contributed by atoms with Crippen molar-refractivity contribution in [2.45, 2.75) is 25.3 Å². The fraction of sp³-hybridized carbons (Fsp3) is 0.316. The van der Waals surface area contributed by atoms with Crippen molar-refractivity contribution >= 4 is 45.0 Å². The van der Waals surface area contributed by atoms with Crippen LogP contribution in [0, 0.1) is 0 Å². The third-order valence-electron chi connectivity index (χ3n) is 4.05. The van der Waals surface area contributed by atoms with Crippen LogP contribution in [0.2, 0.25) is 10.0 Å². The molecule has 0 aliphatic carbocycles. The van der Waals surface area contributed by atoms with Gasteiger partial charge in [0.25, 0.3) is 0 Å². The summed E-state index contributed by atoms with van der Waals surface area (Å²) in [5, 5.41) is 4.33. The van der Waals surface area contributed by atoms with Crippen LogP contribution < -0.4 is 14.8 Å². The summed E-state index contributed by atoms with van der Waals surface area (Å²) < 4.78 is 12.1. The summed E-state index contributed by atoms with van der Waals surface area (Å²) in [6.07, 6.45) is 1.73. The van der Waals surface area contributed by atoms with Gasteiger partial charge >= 0.3 is 0 Å². The van der Waals surface area contributed by atoms with Gasteiger partial charge in [-0.15, -0.1) is 0 Å². The number of hydrogen-bond donors (Lipinski definition) is 1. The Hall–Kier alpha value is -1.43. The van der Waals surface area contributed by atoms with Gasteiger partial charge < -0.3 is 14.8 Å². The van der Waals surface area contributed by atoms with Gasteiger partial charge in [0.15, 0.2) is 0 Å². The third-order valence-corrected chi connectivity index (χ3v) is 5.14. The normalized spacial score (nSPS) is 15.7. The number of amides is 1. The van der Waals surface area contributed by atoms with Gasteiger partial charge in [-0.05, 0) is 58.7 Å². The third kappa shape index (κ3) is 5.06. The van der Waals surface area contributed by atoms with Crippen LogP contribution >= 0.6 is 39.1 Å². The van der Waals surface area contributed by atoms with Crippen LogP contribution in [0.3, 0.4) is 0 Å². The van der Waals surface area contributed by atoms with E-state index in [2.05, 4.69) is 21.2 Å². The predicted octanol–water partition coefficient (Wildman–Crippen LogP) is 5.55. The first-order chi connectivity index (χ1) is 12.5. The summed E-state index contributed by atoms with van der Waals surface area (Å²) in [5.41, 5.74) is 0.929. The van der Waals surface area contributed by atoms with Gasteiger partial charge in [-0.25, -0.2) is 0 Å². The molecule has 3 rings (SSSR count). The molecule has 2 aromatic rings. The number of hydrogen-bond acceptors (Lipinski definition) is 3. The zero-order valence-electron chi connectivity index (χ0n) is 13.9. The van der Waals surface area contributed by atoms with Crippen molar-refractivity contribution in [1.29, 1.82) is 0 Å². The summed E-state index contributed by atoms with van der Waals surface area (Å²) in [6, 6.07) is 10.7. The fourth-order valence-electron chi connectivity index (χ4n) is 2.79. The van der Waals surface area contributed by atoms with Crippen molar-refractivity contribution in [1.82, 2.24) is 5.32 Å². The molecule has 0 aromatic heterocycles. The number of halogens is 3. The second-order valence-electron chi connectivity index (χ2n) is 5.97. The molecule has 4 nitrogen and oxygen atoms in total. The molecule has 1 amide bonds. The Bertz CT molecular complexity index is 800. The van der Waals surface area contributed by atoms with E-state index in [0.717, 1.165) is 22.2 Å². The molecular formula is C19H18BrCl2NO3. The molecule has 1 atom stereocenters. The van der Waals surface area contributed by atoms with E-state index >= 15 is 0 Å². The highest BCUT2D eigenvalue weighted by molar-refractivity contribution is 9.10. The Balaban J connectivity index is 1.47. The number of rotatable bonds is 6. The average Bonchev–Trinajstić information content (AvgIpc) is 2.61. The summed E-state index contributed by atoms with van der Waals surface area (Å²) in [4.78, 5) is 12.3. The second-order valence-corrected chi connectivity index (χ2v) is 7.69. The molecule has 0 spiro atoms. The molecule has 26 heavy (non-hydrogen) atoms. The number of benzene rings is 2. The molecule has 0 saturated carbocycles. The molecule has 1 aliphatic heterocycles. The Labute approximate surface area is 170 Å². The molecule has 0 fully saturated rings. The van der Waals surface area contributed by atoms with Gasteiger partial charge in [0.2, 0.25) is 5.91 Å². The molecule has 7 heteroatoms. The predicted molar refractivity (Wildman–Crippen MR) is 106 cm³/mol. The van der Waals surface area contributed by atoms with E-state index in [0.29, 0.717) is 41.9 Å². The SMILES string of the molecule is O=C(CCCOc1ccc(Cl)cc1Br)NC1CCOc2ccc(Cl)cc21. The van der Waals surface area contributed by atoms with Crippen molar-refractivity contribution < 1.29 is 14.3 Å². The first kappa shape index (κ1) is 19.3. The van der Waals surface area contributed by atoms with Gasteiger partial charge in [-0.1, -0.05) is 23.2 Å². The Morgan fingerprint density at radius 2 is 2.00 bits per heavy atom. The van der Waals surface area contributed by atoms with Gasteiger partial charge in [0, 0.05) is 28.5 Å². The number of ether oxygens (including phenoxy) is 2. The highest BCUT2D eigenvalue weighted by Gasteiger charge is 2.23. The van der Waals surface area contributed by atoms with E-state index in [1.807, 2.05) is 12.1 Å². The van der Waals surface area contributed by atoms with Crippen LogP contribution in [0.25, 0.3) is 0 Å². The van der Waals surface area contributed by atoms with Gasteiger partial charge in [-0.2, -0.15) is 0 Å². The van der Waals surface area contributed by atoms with E-state index in [9.17, 15) is 4.79 Å². The zero-order valence-corrected chi connectivity index (χ0v) is 17.0. The quantitative estimate of drug-likeness (QED) is 0.576. The lowest BCUT2D eigenvalue weighted by molar-refractivity contribution is -0.122. The smallest absolute Gasteiger partial charge is 0.220 e. The molecular weight excluding hydrogens is 441 g/mol. The maximum absolute atomic E-state index is 12.3. The summed E-state index contributed by atoms with van der Waals surface area (Å²) in [6.45, 7) is 1.02. The maximum Gasteiger partial charge on any atom is 0.220 e. The lowest BCUT2D eigenvalue weighted by atomic mass is 10.0. The van der Waals surface area contributed by atoms with Crippen molar-refractivity contribution in [3.05, 3.63) is 56.5 Å². The zero-order chi connectivity index (χ0) is 18.5. The number of carbonyl (C=O) groups is 1. The molecule has 0 radical (unpaired) electrons. The molecule has 1 heterocycles. The fourth-order valence-corrected chi connectivity index (χ4v) is 3.77. The molecule has 0 bridgehead atoms. The molecule has 0 saturated heterocycles. The van der Waals surface area contributed by atoms with E-state index in [1.54, 1.807) is 24.3 Å². The highest BCUT2D eigenvalue weighted by Crippen LogP contribution is 2.34. The van der Waals surface area contributed by atoms with Crippen LogP contribution in [0.1, 0.15) is 30.9 Å². The molecule has 138 valence electrons. The molecule has 1 unspecified atom stereocenters. The minimum Gasteiger partial charge on any atom is -0.493 e. The number of nitrogens with one attached hydrogen (secondary N) is 1. The maximum atomic E-state index is 12.3. The lowest BCUT2D eigenvalue weighted by Gasteiger charge is -2.27. The Morgan fingerprint density at radius 1 is 1.23 bits per heavy atom. The molecule has 2 aromatic carbocycles. The number of carbonyl (C=O) groups excluding carboxylic acids is 1. The monoisotopic (exact) mass is 457 g/mol. The largest absolute Gasteiger partial charge is 0.493 e. The van der Waals surface area contributed by atoms with Crippen LogP contribution in [-0.2, 0) is 4.79 Å². The van der Waals surface area contributed by atoms with Gasteiger partial charge in [0.05, 0.1) is 23.7 Å².